The van der Waals surface area contributed by atoms with Crippen LogP contribution in [0.25, 0.3) is 22.1 Å². The number of carbonyl (C=O) groups is 1. The highest BCUT2D eigenvalue weighted by Crippen LogP contribution is 2.24. The minimum Gasteiger partial charge on any atom is -0.448 e. The molecule has 2 heterocycles. The number of aromatic nitrogens is 2. The topological polar surface area (TPSA) is 68.3 Å². The van der Waals surface area contributed by atoms with Crippen LogP contribution < -0.4 is 10.5 Å². The molecular formula is C21H19N3O3. The molecule has 1 amide bonds. The number of nitrogens with zero attached hydrogens (tertiary/aromatic N) is 3. The van der Waals surface area contributed by atoms with E-state index in [2.05, 4.69) is 4.98 Å². The molecule has 0 bridgehead atoms. The molecule has 0 radical (unpaired) electrons. The molecule has 0 N–H and O–H groups in total. The van der Waals surface area contributed by atoms with E-state index in [-0.39, 0.29) is 23.6 Å². The summed E-state index contributed by atoms with van der Waals surface area (Å²) in [5.74, 6) is -0.205. The van der Waals surface area contributed by atoms with Crippen LogP contribution in [0.4, 0.5) is 5.69 Å². The Bertz CT molecular complexity index is 1240. The highest BCUT2D eigenvalue weighted by molar-refractivity contribution is 6.01. The monoisotopic (exact) mass is 361 g/mol. The maximum absolute atomic E-state index is 12.8. The SMILES string of the molecule is Cc1cccc(N(C)C(=O)Cn2cnc3c(oc4ccccc43)c2=O)c1C. The zero-order valence-corrected chi connectivity index (χ0v) is 15.4. The first-order valence-electron chi connectivity index (χ1n) is 8.67. The van der Waals surface area contributed by atoms with Crippen molar-refractivity contribution in [1.29, 1.82) is 0 Å². The zero-order valence-electron chi connectivity index (χ0n) is 15.4. The van der Waals surface area contributed by atoms with Gasteiger partial charge in [-0.25, -0.2) is 4.98 Å². The highest BCUT2D eigenvalue weighted by atomic mass is 16.3. The van der Waals surface area contributed by atoms with Crippen LogP contribution in [0.3, 0.4) is 0 Å². The van der Waals surface area contributed by atoms with E-state index < -0.39 is 0 Å². The fraction of sp³-hybridized carbons (Fsp3) is 0.190. The molecule has 0 spiro atoms. The maximum atomic E-state index is 12.8. The number of furan rings is 1. The van der Waals surface area contributed by atoms with Crippen LogP contribution in [0.2, 0.25) is 0 Å². The van der Waals surface area contributed by atoms with E-state index in [0.717, 1.165) is 22.2 Å². The molecule has 27 heavy (non-hydrogen) atoms. The molecule has 4 aromatic rings. The van der Waals surface area contributed by atoms with Gasteiger partial charge in [0.05, 0.1) is 6.33 Å². The summed E-state index contributed by atoms with van der Waals surface area (Å²) in [5.41, 5.74) is 3.89. The van der Waals surface area contributed by atoms with Crippen LogP contribution >= 0.6 is 0 Å². The fourth-order valence-electron chi connectivity index (χ4n) is 3.21. The number of anilines is 1. The van der Waals surface area contributed by atoms with Crippen LogP contribution in [0, 0.1) is 13.8 Å². The van der Waals surface area contributed by atoms with E-state index >= 15 is 0 Å². The lowest BCUT2D eigenvalue weighted by Gasteiger charge is -2.21. The molecule has 6 nitrogen and oxygen atoms in total. The van der Waals surface area contributed by atoms with E-state index in [4.69, 9.17) is 4.42 Å². The van der Waals surface area contributed by atoms with Crippen molar-refractivity contribution >= 4 is 33.7 Å². The van der Waals surface area contributed by atoms with Gasteiger partial charge in [0.2, 0.25) is 11.5 Å². The molecule has 0 aliphatic heterocycles. The molecule has 136 valence electrons. The van der Waals surface area contributed by atoms with Crippen molar-refractivity contribution in [2.24, 2.45) is 0 Å². The van der Waals surface area contributed by atoms with Gasteiger partial charge in [0.1, 0.15) is 17.6 Å². The minimum absolute atomic E-state index is 0.108. The lowest BCUT2D eigenvalue weighted by atomic mass is 10.1. The number of amides is 1. The summed E-state index contributed by atoms with van der Waals surface area (Å²) in [6.45, 7) is 3.87. The third kappa shape index (κ3) is 2.79. The second-order valence-electron chi connectivity index (χ2n) is 6.63. The zero-order chi connectivity index (χ0) is 19.1. The standard InChI is InChI=1S/C21H19N3O3/c1-13-7-6-9-16(14(13)2)23(3)18(25)11-24-12-22-19-15-8-4-5-10-17(15)27-20(19)21(24)26/h4-10,12H,11H2,1-3H3. The number of fused-ring (bicyclic) bond motifs is 3. The molecule has 0 aliphatic rings. The number of carbonyl (C=O) groups excluding carboxylic acids is 1. The number of benzene rings is 2. The number of likely N-dealkylation sites (N-methyl/N-ethyl adjacent to an activating group) is 1. The normalized spacial score (nSPS) is 11.2. The lowest BCUT2D eigenvalue weighted by molar-refractivity contribution is -0.118. The number of hydrogen-bond acceptors (Lipinski definition) is 4. The highest BCUT2D eigenvalue weighted by Gasteiger charge is 2.18. The van der Waals surface area contributed by atoms with Gasteiger partial charge in [0, 0.05) is 18.1 Å². The molecule has 4 rings (SSSR count). The Labute approximate surface area is 155 Å². The predicted molar refractivity (Wildman–Crippen MR) is 105 cm³/mol. The third-order valence-electron chi connectivity index (χ3n) is 4.97. The van der Waals surface area contributed by atoms with Gasteiger partial charge in [-0.2, -0.15) is 0 Å². The summed E-state index contributed by atoms with van der Waals surface area (Å²) >= 11 is 0. The largest absolute Gasteiger partial charge is 0.448 e. The number of aryl methyl sites for hydroxylation is 1. The van der Waals surface area contributed by atoms with Gasteiger partial charge < -0.3 is 9.32 Å². The smallest absolute Gasteiger partial charge is 0.297 e. The van der Waals surface area contributed by atoms with Crippen LogP contribution in [0.5, 0.6) is 0 Å². The molecule has 2 aromatic carbocycles. The molecule has 2 aromatic heterocycles. The quantitative estimate of drug-likeness (QED) is 0.561. The predicted octanol–water partition coefficient (Wildman–Crippen LogP) is 3.42. The van der Waals surface area contributed by atoms with E-state index in [1.54, 1.807) is 18.0 Å². The van der Waals surface area contributed by atoms with Crippen molar-refractivity contribution in [3.63, 3.8) is 0 Å². The van der Waals surface area contributed by atoms with Crippen molar-refractivity contribution in [3.8, 4) is 0 Å². The molecule has 0 unspecified atom stereocenters. The molecule has 0 fully saturated rings. The van der Waals surface area contributed by atoms with Gasteiger partial charge in [0.15, 0.2) is 0 Å². The summed E-state index contributed by atoms with van der Waals surface area (Å²) in [7, 11) is 1.71. The average Bonchev–Trinajstić information content (AvgIpc) is 3.05. The molecule has 0 saturated heterocycles. The van der Waals surface area contributed by atoms with Gasteiger partial charge in [-0.1, -0.05) is 24.3 Å². The Morgan fingerprint density at radius 1 is 1.15 bits per heavy atom. The van der Waals surface area contributed by atoms with Crippen LogP contribution in [0.1, 0.15) is 11.1 Å². The molecule has 0 atom stereocenters. The average molecular weight is 361 g/mol. The number of para-hydroxylation sites is 1. The molecule has 6 heteroatoms. The van der Waals surface area contributed by atoms with E-state index in [1.807, 2.05) is 50.2 Å². The van der Waals surface area contributed by atoms with Gasteiger partial charge in [-0.3, -0.25) is 14.2 Å². The first kappa shape index (κ1) is 17.0. The van der Waals surface area contributed by atoms with Crippen LogP contribution in [0.15, 0.2) is 58.0 Å². The first-order chi connectivity index (χ1) is 13.0. The summed E-state index contributed by atoms with van der Waals surface area (Å²) in [5, 5.41) is 0.788. The van der Waals surface area contributed by atoms with Gasteiger partial charge in [0.25, 0.3) is 5.56 Å². The number of hydrogen-bond donors (Lipinski definition) is 0. The van der Waals surface area contributed by atoms with E-state index in [0.29, 0.717) is 11.1 Å². The Morgan fingerprint density at radius 2 is 1.93 bits per heavy atom. The molecular weight excluding hydrogens is 342 g/mol. The van der Waals surface area contributed by atoms with E-state index in [9.17, 15) is 9.59 Å². The second-order valence-corrected chi connectivity index (χ2v) is 6.63. The first-order valence-corrected chi connectivity index (χ1v) is 8.67. The summed E-state index contributed by atoms with van der Waals surface area (Å²) in [4.78, 5) is 31.4. The van der Waals surface area contributed by atoms with Crippen molar-refractivity contribution in [2.45, 2.75) is 20.4 Å². The van der Waals surface area contributed by atoms with Crippen molar-refractivity contribution in [2.75, 3.05) is 11.9 Å². The van der Waals surface area contributed by atoms with Gasteiger partial charge in [-0.05, 0) is 43.2 Å². The van der Waals surface area contributed by atoms with Gasteiger partial charge in [-0.15, -0.1) is 0 Å². The second kappa shape index (κ2) is 6.39. The Kier molecular flexibility index (Phi) is 4.03. The third-order valence-corrected chi connectivity index (χ3v) is 4.97. The maximum Gasteiger partial charge on any atom is 0.297 e. The fourth-order valence-corrected chi connectivity index (χ4v) is 3.21. The summed E-state index contributed by atoms with van der Waals surface area (Å²) in [6, 6.07) is 13.2. The minimum atomic E-state index is -0.362. The van der Waals surface area contributed by atoms with Crippen LogP contribution in [-0.4, -0.2) is 22.5 Å². The van der Waals surface area contributed by atoms with Crippen molar-refractivity contribution < 1.29 is 9.21 Å². The summed E-state index contributed by atoms with van der Waals surface area (Å²) in [6.07, 6.45) is 1.40. The van der Waals surface area contributed by atoms with Crippen molar-refractivity contribution in [3.05, 3.63) is 70.3 Å². The number of rotatable bonds is 3. The Morgan fingerprint density at radius 3 is 2.74 bits per heavy atom. The van der Waals surface area contributed by atoms with Crippen LogP contribution in [-0.2, 0) is 11.3 Å². The lowest BCUT2D eigenvalue weighted by Crippen LogP contribution is -2.34. The Hall–Kier alpha value is -3.41. The summed E-state index contributed by atoms with van der Waals surface area (Å²) < 4.78 is 6.95. The van der Waals surface area contributed by atoms with Gasteiger partial charge >= 0.3 is 0 Å². The molecule has 0 aliphatic carbocycles. The van der Waals surface area contributed by atoms with Crippen molar-refractivity contribution in [1.82, 2.24) is 9.55 Å². The van der Waals surface area contributed by atoms with E-state index in [1.165, 1.54) is 10.9 Å². The Balaban J connectivity index is 1.69. The molecule has 0 saturated carbocycles.